The summed E-state index contributed by atoms with van der Waals surface area (Å²) in [6.07, 6.45) is 0.749. The van der Waals surface area contributed by atoms with E-state index >= 15 is 0 Å². The molecule has 108 valence electrons. The Labute approximate surface area is 117 Å². The molecule has 0 unspecified atom stereocenters. The lowest BCUT2D eigenvalue weighted by Crippen LogP contribution is -2.42. The quantitative estimate of drug-likeness (QED) is 0.806. The standard InChI is InChI=1S/C14H18N2O4/c1-2-5-19-14(18)8-16-11-4-3-10(7-15)6-12(11)20-9-13(16)17/h3-4,6H,2,5,7-9,15H2,1H3. The molecule has 2 N–H and O–H groups in total. The maximum Gasteiger partial charge on any atom is 0.326 e. The minimum Gasteiger partial charge on any atom is -0.482 e. The van der Waals surface area contributed by atoms with E-state index in [-0.39, 0.29) is 19.1 Å². The Hall–Kier alpha value is -2.08. The highest BCUT2D eigenvalue weighted by molar-refractivity contribution is 6.01. The van der Waals surface area contributed by atoms with Gasteiger partial charge in [-0.3, -0.25) is 14.5 Å². The molecule has 0 aromatic heterocycles. The van der Waals surface area contributed by atoms with E-state index in [2.05, 4.69) is 0 Å². The number of nitrogens with two attached hydrogens (primary N) is 1. The van der Waals surface area contributed by atoms with E-state index in [1.54, 1.807) is 12.1 Å². The lowest BCUT2D eigenvalue weighted by atomic mass is 10.1. The number of esters is 1. The van der Waals surface area contributed by atoms with Crippen LogP contribution < -0.4 is 15.4 Å². The zero-order valence-electron chi connectivity index (χ0n) is 11.4. The highest BCUT2D eigenvalue weighted by Crippen LogP contribution is 2.32. The van der Waals surface area contributed by atoms with Crippen molar-refractivity contribution in [1.82, 2.24) is 0 Å². The Balaban J connectivity index is 2.17. The summed E-state index contributed by atoms with van der Waals surface area (Å²) < 4.78 is 10.4. The van der Waals surface area contributed by atoms with Crippen LogP contribution in [0.1, 0.15) is 18.9 Å². The summed E-state index contributed by atoms with van der Waals surface area (Å²) in [4.78, 5) is 24.9. The van der Waals surface area contributed by atoms with Gasteiger partial charge in [-0.05, 0) is 24.1 Å². The van der Waals surface area contributed by atoms with Gasteiger partial charge in [-0.25, -0.2) is 0 Å². The molecule has 1 aromatic rings. The summed E-state index contributed by atoms with van der Waals surface area (Å²) >= 11 is 0. The van der Waals surface area contributed by atoms with E-state index in [4.69, 9.17) is 15.2 Å². The molecule has 0 saturated carbocycles. The van der Waals surface area contributed by atoms with Gasteiger partial charge in [-0.1, -0.05) is 13.0 Å². The highest BCUT2D eigenvalue weighted by Gasteiger charge is 2.27. The molecule has 0 spiro atoms. The van der Waals surface area contributed by atoms with Crippen LogP contribution in [-0.4, -0.2) is 31.6 Å². The molecule has 0 aliphatic carbocycles. The van der Waals surface area contributed by atoms with Gasteiger partial charge in [0.1, 0.15) is 12.3 Å². The predicted molar refractivity (Wildman–Crippen MR) is 73.4 cm³/mol. The number of carbonyl (C=O) groups is 2. The number of nitrogens with zero attached hydrogens (tertiary/aromatic N) is 1. The van der Waals surface area contributed by atoms with Crippen molar-refractivity contribution in [2.45, 2.75) is 19.9 Å². The van der Waals surface area contributed by atoms with Gasteiger partial charge in [0.15, 0.2) is 6.61 Å². The van der Waals surface area contributed by atoms with E-state index in [0.717, 1.165) is 12.0 Å². The zero-order valence-corrected chi connectivity index (χ0v) is 11.4. The second kappa shape index (κ2) is 6.38. The van der Waals surface area contributed by atoms with Gasteiger partial charge >= 0.3 is 5.97 Å². The third-order valence-corrected chi connectivity index (χ3v) is 2.96. The van der Waals surface area contributed by atoms with Gasteiger partial charge in [-0.2, -0.15) is 0 Å². The number of carbonyl (C=O) groups excluding carboxylic acids is 2. The topological polar surface area (TPSA) is 81.9 Å². The fourth-order valence-corrected chi connectivity index (χ4v) is 1.94. The molecule has 6 heteroatoms. The Bertz CT molecular complexity index is 516. The molecule has 0 saturated heterocycles. The normalized spacial score (nSPS) is 13.7. The molecule has 0 atom stereocenters. The number of fused-ring (bicyclic) bond motifs is 1. The Morgan fingerprint density at radius 3 is 3.00 bits per heavy atom. The van der Waals surface area contributed by atoms with Gasteiger partial charge in [0.25, 0.3) is 5.91 Å². The lowest BCUT2D eigenvalue weighted by Gasteiger charge is -2.28. The van der Waals surface area contributed by atoms with E-state index in [0.29, 0.717) is 24.6 Å². The van der Waals surface area contributed by atoms with E-state index in [1.807, 2.05) is 13.0 Å². The largest absolute Gasteiger partial charge is 0.482 e. The summed E-state index contributed by atoms with van der Waals surface area (Å²) in [5.41, 5.74) is 7.06. The predicted octanol–water partition coefficient (Wildman–Crippen LogP) is 0.824. The van der Waals surface area contributed by atoms with Crippen molar-refractivity contribution in [3.05, 3.63) is 23.8 Å². The average Bonchev–Trinajstić information content (AvgIpc) is 2.47. The van der Waals surface area contributed by atoms with Gasteiger partial charge in [0, 0.05) is 6.54 Å². The van der Waals surface area contributed by atoms with E-state index in [9.17, 15) is 9.59 Å². The molecular weight excluding hydrogens is 260 g/mol. The average molecular weight is 278 g/mol. The molecule has 1 amide bonds. The zero-order chi connectivity index (χ0) is 14.5. The number of hydrogen-bond acceptors (Lipinski definition) is 5. The van der Waals surface area contributed by atoms with Crippen LogP contribution in [0.5, 0.6) is 5.75 Å². The van der Waals surface area contributed by atoms with Crippen molar-refractivity contribution >= 4 is 17.6 Å². The molecule has 1 aliphatic rings. The number of ether oxygens (including phenoxy) is 2. The van der Waals surface area contributed by atoms with Gasteiger partial charge in [0.2, 0.25) is 0 Å². The molecule has 1 aliphatic heterocycles. The number of anilines is 1. The Morgan fingerprint density at radius 2 is 2.30 bits per heavy atom. The number of amides is 1. The van der Waals surface area contributed by atoms with Gasteiger partial charge in [0.05, 0.1) is 12.3 Å². The van der Waals surface area contributed by atoms with Gasteiger partial charge in [-0.15, -0.1) is 0 Å². The third-order valence-electron chi connectivity index (χ3n) is 2.96. The monoisotopic (exact) mass is 278 g/mol. The minimum absolute atomic E-state index is 0.0813. The highest BCUT2D eigenvalue weighted by atomic mass is 16.5. The van der Waals surface area contributed by atoms with Crippen molar-refractivity contribution in [1.29, 1.82) is 0 Å². The maximum absolute atomic E-state index is 11.9. The van der Waals surface area contributed by atoms with Crippen molar-refractivity contribution in [2.75, 3.05) is 24.7 Å². The summed E-state index contributed by atoms with van der Waals surface area (Å²) in [6.45, 7) is 2.48. The van der Waals surface area contributed by atoms with Crippen LogP contribution in [0.2, 0.25) is 0 Å². The first kappa shape index (κ1) is 14.3. The number of hydrogen-bond donors (Lipinski definition) is 1. The fraction of sp³-hybridized carbons (Fsp3) is 0.429. The first-order valence-electron chi connectivity index (χ1n) is 6.57. The van der Waals surface area contributed by atoms with E-state index < -0.39 is 5.97 Å². The molecule has 0 bridgehead atoms. The molecule has 6 nitrogen and oxygen atoms in total. The lowest BCUT2D eigenvalue weighted by molar-refractivity contribution is -0.143. The molecule has 0 radical (unpaired) electrons. The van der Waals surface area contributed by atoms with Crippen LogP contribution >= 0.6 is 0 Å². The van der Waals surface area contributed by atoms with Crippen molar-refractivity contribution < 1.29 is 19.1 Å². The summed E-state index contributed by atoms with van der Waals surface area (Å²) in [5, 5.41) is 0. The summed E-state index contributed by atoms with van der Waals surface area (Å²) in [7, 11) is 0. The molecule has 0 fully saturated rings. The van der Waals surface area contributed by atoms with Crippen LogP contribution in [0.4, 0.5) is 5.69 Å². The smallest absolute Gasteiger partial charge is 0.326 e. The minimum atomic E-state index is -0.420. The van der Waals surface area contributed by atoms with Crippen LogP contribution in [-0.2, 0) is 20.9 Å². The van der Waals surface area contributed by atoms with Crippen LogP contribution in [0.3, 0.4) is 0 Å². The molecule has 1 heterocycles. The first-order valence-corrected chi connectivity index (χ1v) is 6.57. The van der Waals surface area contributed by atoms with Crippen LogP contribution in [0.25, 0.3) is 0 Å². The third kappa shape index (κ3) is 3.08. The summed E-state index contributed by atoms with van der Waals surface area (Å²) in [6, 6.07) is 5.33. The SMILES string of the molecule is CCCOC(=O)CN1C(=O)COc2cc(CN)ccc21. The Morgan fingerprint density at radius 1 is 1.50 bits per heavy atom. The fourth-order valence-electron chi connectivity index (χ4n) is 1.94. The first-order chi connectivity index (χ1) is 9.65. The molecule has 2 rings (SSSR count). The van der Waals surface area contributed by atoms with Crippen molar-refractivity contribution in [3.8, 4) is 5.75 Å². The van der Waals surface area contributed by atoms with Crippen molar-refractivity contribution in [3.63, 3.8) is 0 Å². The maximum atomic E-state index is 11.9. The number of rotatable bonds is 5. The summed E-state index contributed by atoms with van der Waals surface area (Å²) in [5.74, 6) is -0.113. The van der Waals surface area contributed by atoms with Crippen LogP contribution in [0, 0.1) is 0 Å². The molecule has 1 aromatic carbocycles. The second-order valence-electron chi connectivity index (χ2n) is 4.50. The molecule has 20 heavy (non-hydrogen) atoms. The van der Waals surface area contributed by atoms with Gasteiger partial charge < -0.3 is 15.2 Å². The number of benzene rings is 1. The Kier molecular flexibility index (Phi) is 4.57. The van der Waals surface area contributed by atoms with Crippen molar-refractivity contribution in [2.24, 2.45) is 5.73 Å². The molecular formula is C14H18N2O4. The second-order valence-corrected chi connectivity index (χ2v) is 4.50. The van der Waals surface area contributed by atoms with Crippen LogP contribution in [0.15, 0.2) is 18.2 Å². The van der Waals surface area contributed by atoms with E-state index in [1.165, 1.54) is 4.90 Å².